The molecular weight excluding hydrogens is 433 g/mol. The minimum atomic E-state index is -0.282. The highest BCUT2D eigenvalue weighted by atomic mass is 19.1. The zero-order valence-corrected chi connectivity index (χ0v) is 20.0. The van der Waals surface area contributed by atoms with Crippen molar-refractivity contribution in [2.24, 2.45) is 11.8 Å². The Labute approximate surface area is 200 Å². The van der Waals surface area contributed by atoms with Crippen LogP contribution in [0.15, 0.2) is 36.8 Å². The van der Waals surface area contributed by atoms with E-state index >= 15 is 0 Å². The molecule has 1 amide bonds. The van der Waals surface area contributed by atoms with Crippen molar-refractivity contribution in [3.8, 4) is 0 Å². The zero-order chi connectivity index (χ0) is 23.9. The molecule has 0 bridgehead atoms. The third kappa shape index (κ3) is 5.88. The van der Waals surface area contributed by atoms with Gasteiger partial charge in [0.15, 0.2) is 5.65 Å². The lowest BCUT2D eigenvalue weighted by Crippen LogP contribution is -2.56. The Kier molecular flexibility index (Phi) is 8.05. The van der Waals surface area contributed by atoms with Gasteiger partial charge in [-0.15, -0.1) is 0 Å². The molecule has 8 nitrogen and oxygen atoms in total. The highest BCUT2D eigenvalue weighted by molar-refractivity contribution is 5.52. The second kappa shape index (κ2) is 11.4. The molecule has 3 aromatic heterocycles. The Morgan fingerprint density at radius 1 is 1.18 bits per heavy atom. The van der Waals surface area contributed by atoms with Gasteiger partial charge in [-0.05, 0) is 82.7 Å². The quantitative estimate of drug-likeness (QED) is 0.576. The lowest BCUT2D eigenvalue weighted by Gasteiger charge is -2.47. The summed E-state index contributed by atoms with van der Waals surface area (Å²) in [5.41, 5.74) is 2.95. The molecule has 182 valence electrons. The molecule has 3 aromatic rings. The first kappa shape index (κ1) is 24.1. The minimum Gasteiger partial charge on any atom is -0.357 e. The van der Waals surface area contributed by atoms with E-state index in [1.165, 1.54) is 37.9 Å². The van der Waals surface area contributed by atoms with E-state index in [9.17, 15) is 9.18 Å². The normalized spacial score (nSPS) is 23.0. The Morgan fingerprint density at radius 3 is 2.68 bits per heavy atom. The van der Waals surface area contributed by atoms with Crippen LogP contribution < -0.4 is 15.5 Å². The van der Waals surface area contributed by atoms with Gasteiger partial charge in [0.25, 0.3) is 0 Å². The molecule has 0 spiro atoms. The molecule has 3 fully saturated rings. The smallest absolute Gasteiger partial charge is 0.207 e. The second-order valence-corrected chi connectivity index (χ2v) is 9.24. The first-order chi connectivity index (χ1) is 16.5. The molecule has 34 heavy (non-hydrogen) atoms. The van der Waals surface area contributed by atoms with Gasteiger partial charge in [-0.3, -0.25) is 9.78 Å². The predicted octanol–water partition coefficient (Wildman–Crippen LogP) is 2.90. The van der Waals surface area contributed by atoms with E-state index in [-0.39, 0.29) is 5.82 Å². The van der Waals surface area contributed by atoms with Gasteiger partial charge in [-0.1, -0.05) is 0 Å². The summed E-state index contributed by atoms with van der Waals surface area (Å²) in [7, 11) is 0. The molecule has 6 rings (SSSR count). The van der Waals surface area contributed by atoms with E-state index in [0.717, 1.165) is 67.1 Å². The summed E-state index contributed by atoms with van der Waals surface area (Å²) in [4.78, 5) is 20.8. The summed E-state index contributed by atoms with van der Waals surface area (Å²) in [5.74, 6) is 2.40. The number of halogens is 1. The van der Waals surface area contributed by atoms with E-state index in [1.807, 2.05) is 36.8 Å². The van der Waals surface area contributed by atoms with Gasteiger partial charge in [0.2, 0.25) is 6.41 Å². The summed E-state index contributed by atoms with van der Waals surface area (Å²) in [5, 5.41) is 10.5. The van der Waals surface area contributed by atoms with Crippen LogP contribution in [-0.2, 0) is 4.79 Å². The van der Waals surface area contributed by atoms with Crippen molar-refractivity contribution in [3.05, 3.63) is 53.9 Å². The van der Waals surface area contributed by atoms with Crippen LogP contribution >= 0.6 is 0 Å². The van der Waals surface area contributed by atoms with Crippen molar-refractivity contribution in [3.63, 3.8) is 0 Å². The fourth-order valence-corrected chi connectivity index (χ4v) is 4.86. The fraction of sp³-hybridized carbons (Fsp3) is 0.520. The van der Waals surface area contributed by atoms with Crippen molar-refractivity contribution >= 4 is 17.9 Å². The largest absolute Gasteiger partial charge is 0.357 e. The van der Waals surface area contributed by atoms with Crippen molar-refractivity contribution in [2.75, 3.05) is 31.1 Å². The molecule has 0 radical (unpaired) electrons. The molecule has 2 saturated heterocycles. The van der Waals surface area contributed by atoms with Crippen molar-refractivity contribution in [1.29, 1.82) is 0 Å². The van der Waals surface area contributed by atoms with Gasteiger partial charge >= 0.3 is 0 Å². The highest BCUT2D eigenvalue weighted by Gasteiger charge is 2.41. The van der Waals surface area contributed by atoms with Crippen LogP contribution in [0.2, 0.25) is 0 Å². The highest BCUT2D eigenvalue weighted by Crippen LogP contribution is 2.38. The number of rotatable bonds is 3. The average Bonchev–Trinajstić information content (AvgIpc) is 3.51. The summed E-state index contributed by atoms with van der Waals surface area (Å²) >= 11 is 0. The van der Waals surface area contributed by atoms with Crippen LogP contribution in [0.5, 0.6) is 0 Å². The molecule has 2 N–H and O–H groups in total. The van der Waals surface area contributed by atoms with E-state index in [4.69, 9.17) is 0 Å². The SMILES string of the molecule is Cc1ccc(F)cn1.Cc1cnn2ccc(N3CCCC3)nc12.O=CNC1CC2CNCCC21. The van der Waals surface area contributed by atoms with Crippen LogP contribution in [0.25, 0.3) is 5.65 Å². The molecule has 2 aliphatic heterocycles. The van der Waals surface area contributed by atoms with Crippen LogP contribution in [-0.4, -0.2) is 58.2 Å². The van der Waals surface area contributed by atoms with E-state index < -0.39 is 0 Å². The molecule has 9 heteroatoms. The number of aryl methyl sites for hydroxylation is 2. The van der Waals surface area contributed by atoms with Crippen molar-refractivity contribution < 1.29 is 9.18 Å². The maximum atomic E-state index is 12.0. The van der Waals surface area contributed by atoms with Gasteiger partial charge in [0.1, 0.15) is 11.6 Å². The summed E-state index contributed by atoms with van der Waals surface area (Å²) in [6.45, 7) is 8.41. The number of anilines is 1. The van der Waals surface area contributed by atoms with E-state index in [1.54, 1.807) is 6.07 Å². The number of carbonyl (C=O) groups excluding carboxylic acids is 1. The fourth-order valence-electron chi connectivity index (χ4n) is 4.86. The molecule has 3 aliphatic rings. The number of nitrogens with one attached hydrogen (secondary N) is 2. The lowest BCUT2D eigenvalue weighted by atomic mass is 9.66. The first-order valence-electron chi connectivity index (χ1n) is 12.1. The standard InChI is InChI=1S/C11H14N4.C8H14N2O.C6H6FN/c1-9-8-12-15-7-4-10(13-11(9)15)14-5-2-3-6-14;11-5-10-8-3-6-4-9-2-1-7(6)8;1-5-2-3-6(7)4-8-5/h4,7-8H,2-3,5-6H2,1H3;5-9H,1-4H2,(H,10,11);2-4H,1H3. The van der Waals surface area contributed by atoms with Crippen LogP contribution in [0, 0.1) is 31.5 Å². The van der Waals surface area contributed by atoms with Gasteiger partial charge in [-0.25, -0.2) is 13.9 Å². The van der Waals surface area contributed by atoms with Gasteiger partial charge in [0.05, 0.1) is 12.4 Å². The molecule has 5 heterocycles. The number of pyridine rings is 1. The first-order valence-corrected chi connectivity index (χ1v) is 12.1. The maximum Gasteiger partial charge on any atom is 0.207 e. The lowest BCUT2D eigenvalue weighted by molar-refractivity contribution is -0.112. The molecule has 3 unspecified atom stereocenters. The summed E-state index contributed by atoms with van der Waals surface area (Å²) in [6, 6.07) is 5.56. The van der Waals surface area contributed by atoms with Crippen LogP contribution in [0.3, 0.4) is 0 Å². The van der Waals surface area contributed by atoms with Gasteiger partial charge in [-0.2, -0.15) is 5.10 Å². The average molecular weight is 468 g/mol. The Hall–Kier alpha value is -3.07. The van der Waals surface area contributed by atoms with Crippen LogP contribution in [0.1, 0.15) is 36.9 Å². The number of piperidine rings is 1. The van der Waals surface area contributed by atoms with Crippen LogP contribution in [0.4, 0.5) is 10.2 Å². The number of nitrogens with zero attached hydrogens (tertiary/aromatic N) is 5. The zero-order valence-electron chi connectivity index (χ0n) is 20.0. The number of fused-ring (bicyclic) bond motifs is 2. The molecule has 1 saturated carbocycles. The Morgan fingerprint density at radius 2 is 2.00 bits per heavy atom. The summed E-state index contributed by atoms with van der Waals surface area (Å²) < 4.78 is 13.9. The topological polar surface area (TPSA) is 87.5 Å². The van der Waals surface area contributed by atoms with Gasteiger partial charge < -0.3 is 15.5 Å². The molecule has 0 aromatic carbocycles. The molecule has 1 aliphatic carbocycles. The van der Waals surface area contributed by atoms with Crippen molar-refractivity contribution in [1.82, 2.24) is 30.2 Å². The molecular formula is C25H34FN7O. The van der Waals surface area contributed by atoms with E-state index in [2.05, 4.69) is 30.6 Å². The summed E-state index contributed by atoms with van der Waals surface area (Å²) in [6.07, 6.45) is 10.9. The number of amides is 1. The molecule has 3 atom stereocenters. The third-order valence-electron chi connectivity index (χ3n) is 6.86. The Bertz CT molecular complexity index is 1040. The number of hydrogen-bond donors (Lipinski definition) is 2. The van der Waals surface area contributed by atoms with Gasteiger partial charge in [0, 0.05) is 36.6 Å². The third-order valence-corrected chi connectivity index (χ3v) is 6.86. The number of carbonyl (C=O) groups is 1. The Balaban J connectivity index is 0.000000128. The second-order valence-electron chi connectivity index (χ2n) is 9.24. The minimum absolute atomic E-state index is 0.282. The monoisotopic (exact) mass is 467 g/mol. The number of aromatic nitrogens is 4. The maximum absolute atomic E-state index is 12.0. The van der Waals surface area contributed by atoms with E-state index in [0.29, 0.717) is 6.04 Å². The predicted molar refractivity (Wildman–Crippen MR) is 130 cm³/mol. The number of hydrogen-bond acceptors (Lipinski definition) is 6. The van der Waals surface area contributed by atoms with Crippen molar-refractivity contribution in [2.45, 2.75) is 45.6 Å².